The largest absolute Gasteiger partial charge is 0.471 e. The molecule has 2 aromatic heterocycles. The second kappa shape index (κ2) is 7.49. The molecule has 0 saturated carbocycles. The number of nitro benzene ring substituents is 1. The third kappa shape index (κ3) is 3.69. The van der Waals surface area contributed by atoms with E-state index in [2.05, 4.69) is 15.2 Å². The number of non-ortho nitro benzene ring substituents is 1. The van der Waals surface area contributed by atoms with Gasteiger partial charge < -0.3 is 9.26 Å². The van der Waals surface area contributed by atoms with Crippen LogP contribution in [-0.4, -0.2) is 24.8 Å². The summed E-state index contributed by atoms with van der Waals surface area (Å²) in [7, 11) is 0. The molecule has 0 aliphatic heterocycles. The van der Waals surface area contributed by atoms with Crippen LogP contribution < -0.4 is 4.74 Å². The average molecular weight is 398 g/mol. The van der Waals surface area contributed by atoms with Crippen LogP contribution >= 0.6 is 11.6 Å². The lowest BCUT2D eigenvalue weighted by atomic mass is 10.2. The van der Waals surface area contributed by atoms with Gasteiger partial charge in [-0.15, -0.1) is 0 Å². The summed E-state index contributed by atoms with van der Waals surface area (Å²) in [6, 6.07) is 14.6. The summed E-state index contributed by atoms with van der Waals surface area (Å²) in [5.41, 5.74) is 1.17. The lowest BCUT2D eigenvalue weighted by Crippen LogP contribution is -2.08. The van der Waals surface area contributed by atoms with Gasteiger partial charge in [-0.25, -0.2) is 4.68 Å². The summed E-state index contributed by atoms with van der Waals surface area (Å²) in [5, 5.41) is 19.5. The van der Waals surface area contributed by atoms with Gasteiger partial charge in [-0.2, -0.15) is 10.1 Å². The number of hydrogen-bond donors (Lipinski definition) is 0. The van der Waals surface area contributed by atoms with E-state index >= 15 is 0 Å². The molecule has 0 saturated heterocycles. The van der Waals surface area contributed by atoms with Crippen LogP contribution in [0.5, 0.6) is 5.75 Å². The van der Waals surface area contributed by atoms with Crippen molar-refractivity contribution in [3.8, 4) is 28.7 Å². The number of nitrogens with zero attached hydrogens (tertiary/aromatic N) is 5. The summed E-state index contributed by atoms with van der Waals surface area (Å²) in [5.74, 6) is 1.21. The van der Waals surface area contributed by atoms with E-state index in [9.17, 15) is 10.1 Å². The number of rotatable bonds is 6. The molecule has 0 amide bonds. The van der Waals surface area contributed by atoms with Gasteiger partial charge in [-0.1, -0.05) is 16.8 Å². The van der Waals surface area contributed by atoms with Crippen molar-refractivity contribution < 1.29 is 14.2 Å². The molecule has 2 aromatic carbocycles. The Hall–Kier alpha value is -3.72. The van der Waals surface area contributed by atoms with Gasteiger partial charge in [0.15, 0.2) is 6.73 Å². The van der Waals surface area contributed by atoms with Gasteiger partial charge in [0.05, 0.1) is 4.92 Å². The van der Waals surface area contributed by atoms with E-state index in [1.165, 1.54) is 12.1 Å². The molecule has 9 nitrogen and oxygen atoms in total. The predicted octanol–water partition coefficient (Wildman–Crippen LogP) is 4.20. The fraction of sp³-hybridized carbons (Fsp3) is 0.0556. The Morgan fingerprint density at radius 1 is 1.11 bits per heavy atom. The van der Waals surface area contributed by atoms with Gasteiger partial charge in [-0.3, -0.25) is 10.1 Å². The molecule has 0 N–H and O–H groups in total. The second-order valence-electron chi connectivity index (χ2n) is 5.67. The van der Waals surface area contributed by atoms with E-state index in [0.717, 1.165) is 0 Å². The summed E-state index contributed by atoms with van der Waals surface area (Å²) < 4.78 is 12.6. The van der Waals surface area contributed by atoms with E-state index < -0.39 is 4.92 Å². The van der Waals surface area contributed by atoms with Crippen molar-refractivity contribution >= 4 is 17.3 Å². The highest BCUT2D eigenvalue weighted by Gasteiger charge is 2.16. The minimum absolute atomic E-state index is 0.00936. The first kappa shape index (κ1) is 17.7. The van der Waals surface area contributed by atoms with E-state index in [4.69, 9.17) is 20.9 Å². The van der Waals surface area contributed by atoms with E-state index in [-0.39, 0.29) is 18.3 Å². The fourth-order valence-corrected chi connectivity index (χ4v) is 2.59. The molecule has 0 spiro atoms. The molecule has 0 unspecified atom stereocenters. The Kier molecular flexibility index (Phi) is 4.73. The van der Waals surface area contributed by atoms with Crippen molar-refractivity contribution in [2.45, 2.75) is 6.73 Å². The topological polar surface area (TPSA) is 109 Å². The summed E-state index contributed by atoms with van der Waals surface area (Å²) in [6.07, 6.45) is 1.59. The number of hydrogen-bond acceptors (Lipinski definition) is 7. The molecule has 140 valence electrons. The quantitative estimate of drug-likeness (QED) is 0.354. The Balaban J connectivity index is 1.52. The van der Waals surface area contributed by atoms with E-state index in [1.54, 1.807) is 53.3 Å². The van der Waals surface area contributed by atoms with E-state index in [1.807, 2.05) is 0 Å². The molecular weight excluding hydrogens is 386 g/mol. The number of halogens is 1. The molecule has 4 rings (SSSR count). The highest BCUT2D eigenvalue weighted by atomic mass is 35.5. The Morgan fingerprint density at radius 3 is 2.57 bits per heavy atom. The Morgan fingerprint density at radius 2 is 1.86 bits per heavy atom. The van der Waals surface area contributed by atoms with Gasteiger partial charge >= 0.3 is 0 Å². The molecule has 4 aromatic rings. The van der Waals surface area contributed by atoms with Crippen LogP contribution in [0.2, 0.25) is 5.02 Å². The van der Waals surface area contributed by atoms with Crippen LogP contribution in [0, 0.1) is 10.1 Å². The molecule has 10 heteroatoms. The fourth-order valence-electron chi connectivity index (χ4n) is 2.46. The van der Waals surface area contributed by atoms with Crippen LogP contribution in [0.3, 0.4) is 0 Å². The lowest BCUT2D eigenvalue weighted by molar-refractivity contribution is -0.384. The van der Waals surface area contributed by atoms with Crippen molar-refractivity contribution in [2.24, 2.45) is 0 Å². The molecule has 2 heterocycles. The maximum absolute atomic E-state index is 10.8. The Labute approximate surface area is 163 Å². The molecule has 0 aliphatic carbocycles. The van der Waals surface area contributed by atoms with Crippen molar-refractivity contribution in [1.82, 2.24) is 19.9 Å². The minimum atomic E-state index is -0.468. The highest BCUT2D eigenvalue weighted by Crippen LogP contribution is 2.24. The summed E-state index contributed by atoms with van der Waals surface area (Å²) >= 11 is 5.86. The van der Waals surface area contributed by atoms with Crippen molar-refractivity contribution in [2.75, 3.05) is 0 Å². The first-order valence-corrected chi connectivity index (χ1v) is 8.47. The molecular formula is C18H12ClN5O4. The number of ether oxygens (including phenoxy) is 1. The zero-order valence-electron chi connectivity index (χ0n) is 14.2. The maximum atomic E-state index is 10.8. The molecule has 0 radical (unpaired) electrons. The van der Waals surface area contributed by atoms with Gasteiger partial charge in [0, 0.05) is 28.9 Å². The van der Waals surface area contributed by atoms with Gasteiger partial charge in [-0.05, 0) is 42.5 Å². The molecule has 0 fully saturated rings. The number of nitro groups is 1. The van der Waals surface area contributed by atoms with Crippen LogP contribution in [0.25, 0.3) is 23.0 Å². The average Bonchev–Trinajstić information content (AvgIpc) is 3.37. The summed E-state index contributed by atoms with van der Waals surface area (Å²) in [6.45, 7) is 0.138. The van der Waals surface area contributed by atoms with Crippen molar-refractivity contribution in [3.63, 3.8) is 0 Å². The standard InChI is InChI=1S/C18H12ClN5O4/c19-13-3-7-15(8-4-13)27-11-23-16(9-10-20-23)18-21-17(22-28-18)12-1-5-14(6-2-12)24(25)26/h1-10H,11H2. The van der Waals surface area contributed by atoms with Gasteiger partial charge in [0.25, 0.3) is 11.6 Å². The third-order valence-corrected chi connectivity index (χ3v) is 4.12. The van der Waals surface area contributed by atoms with Crippen LogP contribution in [-0.2, 0) is 6.73 Å². The SMILES string of the molecule is O=[N+]([O-])c1ccc(-c2noc(-c3ccnn3COc3ccc(Cl)cc3)n2)cc1. The predicted molar refractivity (Wildman–Crippen MR) is 99.7 cm³/mol. The lowest BCUT2D eigenvalue weighted by Gasteiger charge is -2.07. The third-order valence-electron chi connectivity index (χ3n) is 3.87. The first-order valence-electron chi connectivity index (χ1n) is 8.09. The summed E-state index contributed by atoms with van der Waals surface area (Å²) in [4.78, 5) is 14.6. The minimum Gasteiger partial charge on any atom is -0.471 e. The molecule has 0 bridgehead atoms. The highest BCUT2D eigenvalue weighted by molar-refractivity contribution is 6.30. The van der Waals surface area contributed by atoms with Crippen molar-refractivity contribution in [3.05, 3.63) is 75.9 Å². The zero-order valence-corrected chi connectivity index (χ0v) is 15.0. The van der Waals surface area contributed by atoms with Crippen LogP contribution in [0.1, 0.15) is 0 Å². The smallest absolute Gasteiger partial charge is 0.276 e. The normalized spacial score (nSPS) is 10.8. The number of aromatic nitrogens is 4. The zero-order chi connectivity index (χ0) is 19.5. The van der Waals surface area contributed by atoms with Gasteiger partial charge in [0.1, 0.15) is 11.4 Å². The van der Waals surface area contributed by atoms with Crippen LogP contribution in [0.4, 0.5) is 5.69 Å². The number of benzene rings is 2. The Bertz CT molecular complexity index is 1110. The van der Waals surface area contributed by atoms with Crippen LogP contribution in [0.15, 0.2) is 65.3 Å². The molecule has 28 heavy (non-hydrogen) atoms. The first-order chi connectivity index (χ1) is 13.6. The van der Waals surface area contributed by atoms with Gasteiger partial charge in [0.2, 0.25) is 5.82 Å². The van der Waals surface area contributed by atoms with E-state index in [0.29, 0.717) is 27.9 Å². The maximum Gasteiger partial charge on any atom is 0.276 e. The molecule has 0 atom stereocenters. The second-order valence-corrected chi connectivity index (χ2v) is 6.11. The van der Waals surface area contributed by atoms with Crippen molar-refractivity contribution in [1.29, 1.82) is 0 Å². The monoisotopic (exact) mass is 397 g/mol. The molecule has 0 aliphatic rings.